The first-order valence-electron chi connectivity index (χ1n) is 5.56. The van der Waals surface area contributed by atoms with Crippen LogP contribution >= 0.6 is 0 Å². The minimum Gasteiger partial charge on any atom is -0.457 e. The molecule has 18 heavy (non-hydrogen) atoms. The van der Waals surface area contributed by atoms with E-state index in [0.29, 0.717) is 12.2 Å². The van der Waals surface area contributed by atoms with E-state index >= 15 is 0 Å². The van der Waals surface area contributed by atoms with Gasteiger partial charge in [0.2, 0.25) is 0 Å². The predicted molar refractivity (Wildman–Crippen MR) is 66.0 cm³/mol. The van der Waals surface area contributed by atoms with E-state index in [4.69, 9.17) is 4.74 Å². The number of hydrogen-bond donors (Lipinski definition) is 0. The number of aliphatic imine (C=N–C) groups is 1. The summed E-state index contributed by atoms with van der Waals surface area (Å²) >= 11 is 0. The van der Waals surface area contributed by atoms with Crippen molar-refractivity contribution >= 4 is 17.9 Å². The second kappa shape index (κ2) is 4.10. The topological polar surface area (TPSA) is 56.5 Å². The fourth-order valence-electron chi connectivity index (χ4n) is 1.88. The fraction of sp³-hybridized carbons (Fsp3) is 0.154. The second-order valence-corrected chi connectivity index (χ2v) is 4.03. The first-order chi connectivity index (χ1) is 8.75. The maximum atomic E-state index is 11.4. The summed E-state index contributed by atoms with van der Waals surface area (Å²) in [6.07, 6.45) is 5.24. The molecule has 0 aliphatic carbocycles. The number of aryl methyl sites for hydroxylation is 1. The summed E-state index contributed by atoms with van der Waals surface area (Å²) in [4.78, 5) is 19.9. The molecule has 0 fully saturated rings. The van der Waals surface area contributed by atoms with Crippen LogP contribution in [-0.2, 0) is 18.4 Å². The number of carbonyl (C=O) groups is 1. The number of carbonyl (C=O) groups excluding carboxylic acids is 1. The van der Waals surface area contributed by atoms with Crippen LogP contribution in [0.4, 0.5) is 5.69 Å². The SMILES string of the molecule is Cn1ccnc1C=Nc1cccc2c1COC2=O. The van der Waals surface area contributed by atoms with E-state index in [1.54, 1.807) is 24.5 Å². The van der Waals surface area contributed by atoms with Crippen molar-refractivity contribution in [1.29, 1.82) is 0 Å². The zero-order chi connectivity index (χ0) is 12.5. The van der Waals surface area contributed by atoms with Gasteiger partial charge < -0.3 is 9.30 Å². The van der Waals surface area contributed by atoms with Gasteiger partial charge in [-0.1, -0.05) is 6.07 Å². The van der Waals surface area contributed by atoms with Gasteiger partial charge in [0.25, 0.3) is 0 Å². The van der Waals surface area contributed by atoms with Gasteiger partial charge in [-0.3, -0.25) is 4.99 Å². The van der Waals surface area contributed by atoms with Crippen LogP contribution in [-0.4, -0.2) is 21.7 Å². The predicted octanol–water partition coefficient (Wildman–Crippen LogP) is 1.84. The zero-order valence-electron chi connectivity index (χ0n) is 9.83. The Labute approximate surface area is 104 Å². The Morgan fingerprint density at radius 2 is 2.39 bits per heavy atom. The Kier molecular flexibility index (Phi) is 2.44. The molecule has 0 bridgehead atoms. The summed E-state index contributed by atoms with van der Waals surface area (Å²) in [6, 6.07) is 5.42. The third-order valence-corrected chi connectivity index (χ3v) is 2.90. The highest BCUT2D eigenvalue weighted by atomic mass is 16.5. The molecule has 1 aromatic carbocycles. The first kappa shape index (κ1) is 10.7. The van der Waals surface area contributed by atoms with Crippen molar-refractivity contribution in [3.8, 4) is 0 Å². The van der Waals surface area contributed by atoms with E-state index < -0.39 is 0 Å². The molecule has 5 nitrogen and oxygen atoms in total. The monoisotopic (exact) mass is 241 g/mol. The molecule has 0 saturated carbocycles. The van der Waals surface area contributed by atoms with Gasteiger partial charge in [0.15, 0.2) is 5.82 Å². The van der Waals surface area contributed by atoms with Gasteiger partial charge in [-0.25, -0.2) is 9.78 Å². The summed E-state index contributed by atoms with van der Waals surface area (Å²) in [5.41, 5.74) is 2.19. The van der Waals surface area contributed by atoms with Crippen molar-refractivity contribution in [3.05, 3.63) is 47.5 Å². The minimum absolute atomic E-state index is 0.279. The molecule has 3 rings (SSSR count). The van der Waals surface area contributed by atoms with Crippen molar-refractivity contribution in [2.24, 2.45) is 12.0 Å². The third kappa shape index (κ3) is 1.69. The van der Waals surface area contributed by atoms with Crippen LogP contribution in [0.1, 0.15) is 21.7 Å². The van der Waals surface area contributed by atoms with E-state index in [2.05, 4.69) is 9.98 Å². The Balaban J connectivity index is 1.97. The van der Waals surface area contributed by atoms with E-state index in [1.165, 1.54) is 0 Å². The number of esters is 1. The quantitative estimate of drug-likeness (QED) is 0.595. The molecule has 0 N–H and O–H groups in total. The second-order valence-electron chi connectivity index (χ2n) is 4.03. The molecule has 2 heterocycles. The van der Waals surface area contributed by atoms with Crippen LogP contribution in [0.15, 0.2) is 35.6 Å². The van der Waals surface area contributed by atoms with Gasteiger partial charge in [-0.15, -0.1) is 0 Å². The highest BCUT2D eigenvalue weighted by Gasteiger charge is 2.23. The molecule has 0 saturated heterocycles. The molecule has 2 aromatic rings. The van der Waals surface area contributed by atoms with Crippen molar-refractivity contribution in [1.82, 2.24) is 9.55 Å². The maximum absolute atomic E-state index is 11.4. The van der Waals surface area contributed by atoms with Crippen molar-refractivity contribution < 1.29 is 9.53 Å². The summed E-state index contributed by atoms with van der Waals surface area (Å²) < 4.78 is 6.86. The Hall–Kier alpha value is -2.43. The maximum Gasteiger partial charge on any atom is 0.338 e. The Morgan fingerprint density at radius 3 is 3.17 bits per heavy atom. The molecule has 0 amide bonds. The summed E-state index contributed by atoms with van der Waals surface area (Å²) in [5.74, 6) is 0.483. The Bertz CT molecular complexity index is 643. The smallest absolute Gasteiger partial charge is 0.338 e. The lowest BCUT2D eigenvalue weighted by Crippen LogP contribution is -1.95. The van der Waals surface area contributed by atoms with Gasteiger partial charge >= 0.3 is 5.97 Å². The van der Waals surface area contributed by atoms with Crippen LogP contribution in [0.3, 0.4) is 0 Å². The van der Waals surface area contributed by atoms with Crippen LogP contribution in [0.2, 0.25) is 0 Å². The molecular formula is C13H11N3O2. The van der Waals surface area contributed by atoms with Crippen LogP contribution in [0, 0.1) is 0 Å². The number of fused-ring (bicyclic) bond motifs is 1. The number of nitrogens with zero attached hydrogens (tertiary/aromatic N) is 3. The molecule has 1 aromatic heterocycles. The normalized spacial score (nSPS) is 13.9. The van der Waals surface area contributed by atoms with E-state index in [-0.39, 0.29) is 5.97 Å². The van der Waals surface area contributed by atoms with Gasteiger partial charge in [0.05, 0.1) is 17.5 Å². The highest BCUT2D eigenvalue weighted by molar-refractivity contribution is 5.95. The number of cyclic esters (lactones) is 1. The number of aromatic nitrogens is 2. The van der Waals surface area contributed by atoms with E-state index in [1.807, 2.05) is 23.9 Å². The average molecular weight is 241 g/mol. The lowest BCUT2D eigenvalue weighted by atomic mass is 10.1. The molecule has 5 heteroatoms. The van der Waals surface area contributed by atoms with Crippen LogP contribution in [0.25, 0.3) is 0 Å². The van der Waals surface area contributed by atoms with Gasteiger partial charge in [0, 0.05) is 25.0 Å². The molecule has 0 unspecified atom stereocenters. The number of hydrogen-bond acceptors (Lipinski definition) is 4. The molecule has 0 radical (unpaired) electrons. The number of ether oxygens (including phenoxy) is 1. The first-order valence-corrected chi connectivity index (χ1v) is 5.56. The van der Waals surface area contributed by atoms with Crippen LogP contribution in [0.5, 0.6) is 0 Å². The van der Waals surface area contributed by atoms with Gasteiger partial charge in [-0.2, -0.15) is 0 Å². The number of benzene rings is 1. The van der Waals surface area contributed by atoms with Crippen molar-refractivity contribution in [2.75, 3.05) is 0 Å². The lowest BCUT2D eigenvalue weighted by molar-refractivity contribution is 0.0535. The van der Waals surface area contributed by atoms with Crippen molar-refractivity contribution in [2.45, 2.75) is 6.61 Å². The summed E-state index contributed by atoms with van der Waals surface area (Å²) in [6.45, 7) is 0.294. The largest absolute Gasteiger partial charge is 0.457 e. The van der Waals surface area contributed by atoms with Crippen molar-refractivity contribution in [3.63, 3.8) is 0 Å². The standard InChI is InChI=1S/C13H11N3O2/c1-16-6-5-14-12(16)7-15-11-4-2-3-9-10(11)8-18-13(9)17/h2-7H,8H2,1H3. The van der Waals surface area contributed by atoms with Gasteiger partial charge in [-0.05, 0) is 12.1 Å². The molecule has 0 atom stereocenters. The minimum atomic E-state index is -0.279. The fourth-order valence-corrected chi connectivity index (χ4v) is 1.88. The summed E-state index contributed by atoms with van der Waals surface area (Å²) in [7, 11) is 1.90. The van der Waals surface area contributed by atoms with E-state index in [0.717, 1.165) is 17.1 Å². The lowest BCUT2D eigenvalue weighted by Gasteiger charge is -1.99. The third-order valence-electron chi connectivity index (χ3n) is 2.90. The molecule has 1 aliphatic heterocycles. The molecule has 0 spiro atoms. The average Bonchev–Trinajstić information content (AvgIpc) is 2.95. The molecule has 1 aliphatic rings. The Morgan fingerprint density at radius 1 is 1.50 bits per heavy atom. The van der Waals surface area contributed by atoms with E-state index in [9.17, 15) is 4.79 Å². The van der Waals surface area contributed by atoms with Crippen LogP contribution < -0.4 is 0 Å². The van der Waals surface area contributed by atoms with Gasteiger partial charge in [0.1, 0.15) is 6.61 Å². The molecule has 90 valence electrons. The summed E-state index contributed by atoms with van der Waals surface area (Å²) in [5, 5.41) is 0. The highest BCUT2D eigenvalue weighted by Crippen LogP contribution is 2.29. The number of imidazole rings is 1. The zero-order valence-corrected chi connectivity index (χ0v) is 9.83. The molecular weight excluding hydrogens is 230 g/mol. The number of rotatable bonds is 2.